The summed E-state index contributed by atoms with van der Waals surface area (Å²) in [5, 5.41) is 11.0. The summed E-state index contributed by atoms with van der Waals surface area (Å²) in [5.74, 6) is -0.211. The van der Waals surface area contributed by atoms with Gasteiger partial charge >= 0.3 is 0 Å². The van der Waals surface area contributed by atoms with E-state index in [4.69, 9.17) is 9.47 Å². The number of halogens is 1. The molecule has 0 atom stereocenters. The first kappa shape index (κ1) is 18.5. The third-order valence-corrected chi connectivity index (χ3v) is 4.31. The second-order valence-corrected chi connectivity index (χ2v) is 5.96. The van der Waals surface area contributed by atoms with E-state index in [-0.39, 0.29) is 18.7 Å². The molecule has 3 rings (SSSR count). The van der Waals surface area contributed by atoms with Gasteiger partial charge in [-0.1, -0.05) is 0 Å². The average molecular weight is 368 g/mol. The number of hydrogen-bond donors (Lipinski definition) is 0. The maximum absolute atomic E-state index is 13.3. The zero-order valence-electron chi connectivity index (χ0n) is 15.1. The Labute approximate surface area is 156 Å². The maximum atomic E-state index is 13.3. The standard InChI is InChI=1S/C21H20FNO4/c1-26-17-9-11-20(27-2)19(13-17)23-16(8-12-21(24)25)7-10-18(23)14-3-5-15(22)6-4-14/h3-7,9-11,13H,8,12H2,1-2H3,(H,24,25)/p-1. The van der Waals surface area contributed by atoms with E-state index in [1.54, 1.807) is 38.5 Å². The molecule has 0 spiro atoms. The third kappa shape index (κ3) is 3.95. The second kappa shape index (κ2) is 7.95. The van der Waals surface area contributed by atoms with Crippen LogP contribution in [-0.2, 0) is 11.2 Å². The maximum Gasteiger partial charge on any atom is 0.143 e. The predicted molar refractivity (Wildman–Crippen MR) is 97.6 cm³/mol. The number of aromatic nitrogens is 1. The molecule has 0 fully saturated rings. The Morgan fingerprint density at radius 2 is 1.78 bits per heavy atom. The van der Waals surface area contributed by atoms with Crippen molar-refractivity contribution in [1.29, 1.82) is 0 Å². The van der Waals surface area contributed by atoms with Gasteiger partial charge in [-0.3, -0.25) is 0 Å². The molecule has 0 bridgehead atoms. The Morgan fingerprint density at radius 1 is 1.04 bits per heavy atom. The van der Waals surface area contributed by atoms with Gasteiger partial charge in [0.15, 0.2) is 0 Å². The van der Waals surface area contributed by atoms with Gasteiger partial charge in [0.1, 0.15) is 17.3 Å². The zero-order chi connectivity index (χ0) is 19.4. The molecule has 140 valence electrons. The second-order valence-electron chi connectivity index (χ2n) is 5.96. The fourth-order valence-electron chi connectivity index (χ4n) is 3.01. The van der Waals surface area contributed by atoms with Crippen LogP contribution in [0.1, 0.15) is 12.1 Å². The number of aliphatic carboxylic acids is 1. The van der Waals surface area contributed by atoms with Crippen molar-refractivity contribution in [3.8, 4) is 28.4 Å². The molecule has 6 heteroatoms. The fourth-order valence-corrected chi connectivity index (χ4v) is 3.01. The SMILES string of the molecule is COc1ccc(OC)c(-n2c(CCC(=O)[O-])ccc2-c2ccc(F)cc2)c1. The first-order chi connectivity index (χ1) is 13.0. The summed E-state index contributed by atoms with van der Waals surface area (Å²) in [5.41, 5.74) is 3.05. The molecule has 1 aromatic heterocycles. The number of carboxylic acid groups (broad SMARTS) is 1. The molecule has 2 aromatic carbocycles. The Balaban J connectivity index is 2.20. The van der Waals surface area contributed by atoms with Crippen LogP contribution in [0.2, 0.25) is 0 Å². The van der Waals surface area contributed by atoms with Crippen LogP contribution in [0.3, 0.4) is 0 Å². The number of carbonyl (C=O) groups excluding carboxylic acids is 1. The van der Waals surface area contributed by atoms with E-state index in [1.807, 2.05) is 22.8 Å². The van der Waals surface area contributed by atoms with Crippen molar-refractivity contribution in [2.75, 3.05) is 14.2 Å². The Hall–Kier alpha value is -3.28. The highest BCUT2D eigenvalue weighted by atomic mass is 19.1. The number of aryl methyl sites for hydroxylation is 1. The van der Waals surface area contributed by atoms with Crippen molar-refractivity contribution in [3.05, 3.63) is 66.1 Å². The lowest BCUT2D eigenvalue weighted by molar-refractivity contribution is -0.305. The van der Waals surface area contributed by atoms with Crippen LogP contribution < -0.4 is 14.6 Å². The third-order valence-electron chi connectivity index (χ3n) is 4.31. The normalized spacial score (nSPS) is 10.6. The van der Waals surface area contributed by atoms with Gasteiger partial charge in [0, 0.05) is 17.7 Å². The molecule has 27 heavy (non-hydrogen) atoms. The average Bonchev–Trinajstić information content (AvgIpc) is 3.10. The number of benzene rings is 2. The van der Waals surface area contributed by atoms with Crippen LogP contribution >= 0.6 is 0 Å². The minimum Gasteiger partial charge on any atom is -0.550 e. The fraction of sp³-hybridized carbons (Fsp3) is 0.190. The van der Waals surface area contributed by atoms with E-state index < -0.39 is 5.97 Å². The van der Waals surface area contributed by atoms with E-state index in [0.29, 0.717) is 17.2 Å². The van der Waals surface area contributed by atoms with Crippen LogP contribution in [0, 0.1) is 5.82 Å². The zero-order valence-corrected chi connectivity index (χ0v) is 15.1. The van der Waals surface area contributed by atoms with Gasteiger partial charge in [0.2, 0.25) is 0 Å². The first-order valence-corrected chi connectivity index (χ1v) is 8.42. The molecular formula is C21H19FNO4-. The number of nitrogens with zero attached hydrogens (tertiary/aromatic N) is 1. The minimum atomic E-state index is -1.12. The molecule has 0 N–H and O–H groups in total. The van der Waals surface area contributed by atoms with Crippen LogP contribution in [-0.4, -0.2) is 24.8 Å². The van der Waals surface area contributed by atoms with Crippen LogP contribution in [0.15, 0.2) is 54.6 Å². The topological polar surface area (TPSA) is 63.5 Å². The van der Waals surface area contributed by atoms with Crippen LogP contribution in [0.4, 0.5) is 4.39 Å². The summed E-state index contributed by atoms with van der Waals surface area (Å²) in [6, 6.07) is 15.2. The van der Waals surface area contributed by atoms with Gasteiger partial charge in [-0.05, 0) is 66.9 Å². The quantitative estimate of drug-likeness (QED) is 0.643. The van der Waals surface area contributed by atoms with Gasteiger partial charge in [-0.25, -0.2) is 4.39 Å². The van der Waals surface area contributed by atoms with E-state index >= 15 is 0 Å². The molecule has 0 amide bonds. The van der Waals surface area contributed by atoms with Gasteiger partial charge < -0.3 is 23.9 Å². The number of methoxy groups -OCH3 is 2. The number of ether oxygens (including phenoxy) is 2. The summed E-state index contributed by atoms with van der Waals surface area (Å²) in [4.78, 5) is 11.0. The van der Waals surface area contributed by atoms with Gasteiger partial charge in [-0.2, -0.15) is 0 Å². The van der Waals surface area contributed by atoms with Gasteiger partial charge in [0.25, 0.3) is 0 Å². The van der Waals surface area contributed by atoms with E-state index in [1.165, 1.54) is 12.1 Å². The molecule has 0 saturated heterocycles. The molecule has 1 heterocycles. The van der Waals surface area contributed by atoms with E-state index in [9.17, 15) is 14.3 Å². The highest BCUT2D eigenvalue weighted by Crippen LogP contribution is 2.34. The monoisotopic (exact) mass is 368 g/mol. The van der Waals surface area contributed by atoms with E-state index in [0.717, 1.165) is 17.0 Å². The predicted octanol–water partition coefficient (Wildman–Crippen LogP) is 2.98. The number of rotatable bonds is 7. The Morgan fingerprint density at radius 3 is 2.41 bits per heavy atom. The summed E-state index contributed by atoms with van der Waals surface area (Å²) in [7, 11) is 3.13. The highest BCUT2D eigenvalue weighted by Gasteiger charge is 2.16. The molecule has 5 nitrogen and oxygen atoms in total. The number of carbonyl (C=O) groups is 1. The smallest absolute Gasteiger partial charge is 0.143 e. The van der Waals surface area contributed by atoms with Crippen LogP contribution in [0.25, 0.3) is 16.9 Å². The number of hydrogen-bond acceptors (Lipinski definition) is 4. The lowest BCUT2D eigenvalue weighted by Gasteiger charge is -2.18. The molecule has 0 aliphatic rings. The summed E-state index contributed by atoms with van der Waals surface area (Å²) in [6.45, 7) is 0. The van der Waals surface area contributed by atoms with Gasteiger partial charge in [0.05, 0.1) is 25.6 Å². The summed E-state index contributed by atoms with van der Waals surface area (Å²) >= 11 is 0. The summed E-state index contributed by atoms with van der Waals surface area (Å²) in [6.07, 6.45) is 0.170. The molecule has 0 radical (unpaired) electrons. The number of carboxylic acids is 1. The molecule has 3 aromatic rings. The molecule has 0 aliphatic heterocycles. The lowest BCUT2D eigenvalue weighted by atomic mass is 10.1. The Kier molecular flexibility index (Phi) is 5.45. The van der Waals surface area contributed by atoms with Crippen molar-refractivity contribution in [3.63, 3.8) is 0 Å². The highest BCUT2D eigenvalue weighted by molar-refractivity contribution is 5.68. The molecule has 0 saturated carbocycles. The summed E-state index contributed by atoms with van der Waals surface area (Å²) < 4.78 is 26.1. The van der Waals surface area contributed by atoms with Crippen molar-refractivity contribution in [2.24, 2.45) is 0 Å². The Bertz CT molecular complexity index is 947. The molecular weight excluding hydrogens is 349 g/mol. The largest absolute Gasteiger partial charge is 0.550 e. The van der Waals surface area contributed by atoms with E-state index in [2.05, 4.69) is 0 Å². The first-order valence-electron chi connectivity index (χ1n) is 8.42. The van der Waals surface area contributed by atoms with Crippen molar-refractivity contribution in [1.82, 2.24) is 4.57 Å². The van der Waals surface area contributed by atoms with Crippen molar-refractivity contribution < 1.29 is 23.8 Å². The molecule has 0 unspecified atom stereocenters. The minimum absolute atomic E-state index is 0.112. The van der Waals surface area contributed by atoms with Crippen LogP contribution in [0.5, 0.6) is 11.5 Å². The molecule has 0 aliphatic carbocycles. The lowest BCUT2D eigenvalue weighted by Crippen LogP contribution is -2.22. The van der Waals surface area contributed by atoms with Crippen molar-refractivity contribution >= 4 is 5.97 Å². The van der Waals surface area contributed by atoms with Gasteiger partial charge in [-0.15, -0.1) is 0 Å². The van der Waals surface area contributed by atoms with Crippen molar-refractivity contribution in [2.45, 2.75) is 12.8 Å².